The number of rotatable bonds is 3. The minimum Gasteiger partial charge on any atom is -0.351 e. The van der Waals surface area contributed by atoms with E-state index in [0.717, 1.165) is 16.8 Å². The molecule has 0 unspecified atom stereocenters. The first kappa shape index (κ1) is 14.3. The van der Waals surface area contributed by atoms with Crippen molar-refractivity contribution in [3.63, 3.8) is 0 Å². The molecular formula is C17H20N2O. The van der Waals surface area contributed by atoms with Crippen LogP contribution in [0.1, 0.15) is 26.3 Å². The molecule has 0 aliphatic rings. The van der Waals surface area contributed by atoms with E-state index in [4.69, 9.17) is 0 Å². The summed E-state index contributed by atoms with van der Waals surface area (Å²) in [5.74, 6) is 0.0420. The molecule has 0 aliphatic carbocycles. The van der Waals surface area contributed by atoms with Gasteiger partial charge in [0.1, 0.15) is 0 Å². The number of nitrogens with one attached hydrogen (secondary N) is 1. The second-order valence-corrected chi connectivity index (χ2v) is 5.81. The van der Waals surface area contributed by atoms with Crippen LogP contribution in [0.2, 0.25) is 0 Å². The Labute approximate surface area is 120 Å². The maximum atomic E-state index is 12.0. The molecule has 1 heterocycles. The van der Waals surface area contributed by atoms with Crippen molar-refractivity contribution in [1.29, 1.82) is 0 Å². The van der Waals surface area contributed by atoms with Crippen molar-refractivity contribution in [2.24, 2.45) is 5.41 Å². The molecule has 1 N–H and O–H groups in total. The molecular weight excluding hydrogens is 248 g/mol. The molecule has 0 saturated heterocycles. The SMILES string of the molecule is CC(C)(C)C(=O)NCc1cccnc1-c1ccccc1. The third-order valence-electron chi connectivity index (χ3n) is 3.06. The molecule has 1 aromatic heterocycles. The van der Waals surface area contributed by atoms with E-state index < -0.39 is 0 Å². The highest BCUT2D eigenvalue weighted by Crippen LogP contribution is 2.21. The van der Waals surface area contributed by atoms with Crippen LogP contribution in [0.5, 0.6) is 0 Å². The quantitative estimate of drug-likeness (QED) is 0.927. The maximum absolute atomic E-state index is 12.0. The van der Waals surface area contributed by atoms with Gasteiger partial charge < -0.3 is 5.32 Å². The minimum atomic E-state index is -0.380. The molecule has 0 bridgehead atoms. The molecule has 0 fully saturated rings. The van der Waals surface area contributed by atoms with Crippen LogP contribution >= 0.6 is 0 Å². The standard InChI is InChI=1S/C17H20N2O/c1-17(2,3)16(20)19-12-14-10-7-11-18-15(14)13-8-5-4-6-9-13/h4-11H,12H2,1-3H3,(H,19,20). The largest absolute Gasteiger partial charge is 0.351 e. The Morgan fingerprint density at radius 2 is 1.80 bits per heavy atom. The molecule has 0 spiro atoms. The second-order valence-electron chi connectivity index (χ2n) is 5.81. The maximum Gasteiger partial charge on any atom is 0.225 e. The van der Waals surface area contributed by atoms with Gasteiger partial charge in [0, 0.05) is 23.7 Å². The third kappa shape index (κ3) is 3.44. The van der Waals surface area contributed by atoms with E-state index in [-0.39, 0.29) is 11.3 Å². The summed E-state index contributed by atoms with van der Waals surface area (Å²) in [4.78, 5) is 16.4. The number of carbonyl (C=O) groups excluding carboxylic acids is 1. The molecule has 0 saturated carbocycles. The zero-order valence-electron chi connectivity index (χ0n) is 12.2. The first-order chi connectivity index (χ1) is 9.48. The van der Waals surface area contributed by atoms with Crippen molar-refractivity contribution in [2.45, 2.75) is 27.3 Å². The van der Waals surface area contributed by atoms with Crippen LogP contribution in [0.4, 0.5) is 0 Å². The molecule has 2 aromatic rings. The lowest BCUT2D eigenvalue weighted by atomic mass is 9.95. The zero-order chi connectivity index (χ0) is 14.6. The highest BCUT2D eigenvalue weighted by Gasteiger charge is 2.20. The Morgan fingerprint density at radius 3 is 2.45 bits per heavy atom. The van der Waals surface area contributed by atoms with Gasteiger partial charge in [-0.15, -0.1) is 0 Å². The van der Waals surface area contributed by atoms with Gasteiger partial charge in [0.25, 0.3) is 0 Å². The zero-order valence-corrected chi connectivity index (χ0v) is 12.2. The van der Waals surface area contributed by atoms with Crippen LogP contribution in [0, 0.1) is 5.41 Å². The summed E-state index contributed by atoms with van der Waals surface area (Å²) in [6, 6.07) is 13.9. The first-order valence-corrected chi connectivity index (χ1v) is 6.76. The smallest absolute Gasteiger partial charge is 0.225 e. The number of aromatic nitrogens is 1. The lowest BCUT2D eigenvalue weighted by Crippen LogP contribution is -2.34. The van der Waals surface area contributed by atoms with E-state index >= 15 is 0 Å². The van der Waals surface area contributed by atoms with Crippen molar-refractivity contribution >= 4 is 5.91 Å². The Bertz CT molecular complexity index is 585. The molecule has 104 valence electrons. The Balaban J connectivity index is 2.20. The van der Waals surface area contributed by atoms with Gasteiger partial charge in [-0.1, -0.05) is 57.2 Å². The number of pyridine rings is 1. The predicted octanol–water partition coefficient (Wildman–Crippen LogP) is 3.41. The highest BCUT2D eigenvalue weighted by molar-refractivity contribution is 5.81. The summed E-state index contributed by atoms with van der Waals surface area (Å²) < 4.78 is 0. The van der Waals surface area contributed by atoms with Gasteiger partial charge in [0.2, 0.25) is 5.91 Å². The van der Waals surface area contributed by atoms with Crippen molar-refractivity contribution < 1.29 is 4.79 Å². The van der Waals surface area contributed by atoms with E-state index in [0.29, 0.717) is 6.54 Å². The molecule has 1 amide bonds. The summed E-state index contributed by atoms with van der Waals surface area (Å²) in [5.41, 5.74) is 2.63. The molecule has 0 aliphatic heterocycles. The van der Waals surface area contributed by atoms with Gasteiger partial charge in [-0.05, 0) is 11.6 Å². The number of benzene rings is 1. The summed E-state index contributed by atoms with van der Waals surface area (Å²) in [5, 5.41) is 2.97. The van der Waals surface area contributed by atoms with Gasteiger partial charge in [-0.25, -0.2) is 0 Å². The van der Waals surface area contributed by atoms with Crippen LogP contribution in [0.25, 0.3) is 11.3 Å². The lowest BCUT2D eigenvalue weighted by molar-refractivity contribution is -0.128. The fourth-order valence-corrected chi connectivity index (χ4v) is 1.88. The Kier molecular flexibility index (Phi) is 4.18. The predicted molar refractivity (Wildman–Crippen MR) is 81.0 cm³/mol. The van der Waals surface area contributed by atoms with E-state index in [1.54, 1.807) is 6.20 Å². The molecule has 1 aromatic carbocycles. The molecule has 3 nitrogen and oxygen atoms in total. The minimum absolute atomic E-state index is 0.0420. The molecule has 0 atom stereocenters. The number of hydrogen-bond donors (Lipinski definition) is 1. The van der Waals surface area contributed by atoms with Crippen molar-refractivity contribution in [1.82, 2.24) is 10.3 Å². The summed E-state index contributed by atoms with van der Waals surface area (Å²) in [6.45, 7) is 6.21. The fourth-order valence-electron chi connectivity index (χ4n) is 1.88. The normalized spacial score (nSPS) is 11.2. The number of nitrogens with zero attached hydrogens (tertiary/aromatic N) is 1. The van der Waals surface area contributed by atoms with E-state index in [1.165, 1.54) is 0 Å². The van der Waals surface area contributed by atoms with Gasteiger partial charge >= 0.3 is 0 Å². The summed E-state index contributed by atoms with van der Waals surface area (Å²) >= 11 is 0. The number of amides is 1. The van der Waals surface area contributed by atoms with E-state index in [2.05, 4.69) is 10.3 Å². The van der Waals surface area contributed by atoms with Crippen LogP contribution < -0.4 is 5.32 Å². The van der Waals surface area contributed by atoms with Crippen molar-refractivity contribution in [3.05, 3.63) is 54.2 Å². The van der Waals surface area contributed by atoms with Gasteiger partial charge in [-0.2, -0.15) is 0 Å². The monoisotopic (exact) mass is 268 g/mol. The topological polar surface area (TPSA) is 42.0 Å². The molecule has 3 heteroatoms. The van der Waals surface area contributed by atoms with Crippen LogP contribution in [0.3, 0.4) is 0 Å². The number of carbonyl (C=O) groups is 1. The fraction of sp³-hybridized carbons (Fsp3) is 0.294. The van der Waals surface area contributed by atoms with E-state index in [9.17, 15) is 4.79 Å². The lowest BCUT2D eigenvalue weighted by Gasteiger charge is -2.18. The van der Waals surface area contributed by atoms with E-state index in [1.807, 2.05) is 63.2 Å². The van der Waals surface area contributed by atoms with Crippen LogP contribution in [-0.4, -0.2) is 10.9 Å². The van der Waals surface area contributed by atoms with Gasteiger partial charge in [0.15, 0.2) is 0 Å². The third-order valence-corrected chi connectivity index (χ3v) is 3.06. The average Bonchev–Trinajstić information content (AvgIpc) is 2.45. The van der Waals surface area contributed by atoms with Gasteiger partial charge in [0.05, 0.1) is 5.69 Å². The average molecular weight is 268 g/mol. The number of hydrogen-bond acceptors (Lipinski definition) is 2. The molecule has 0 radical (unpaired) electrons. The molecule has 2 rings (SSSR count). The summed E-state index contributed by atoms with van der Waals surface area (Å²) in [6.07, 6.45) is 1.78. The highest BCUT2D eigenvalue weighted by atomic mass is 16.2. The first-order valence-electron chi connectivity index (χ1n) is 6.76. The van der Waals surface area contributed by atoms with Crippen molar-refractivity contribution in [3.8, 4) is 11.3 Å². The van der Waals surface area contributed by atoms with Crippen molar-refractivity contribution in [2.75, 3.05) is 0 Å². The molecule has 20 heavy (non-hydrogen) atoms. The van der Waals surface area contributed by atoms with Crippen LogP contribution in [0.15, 0.2) is 48.7 Å². The van der Waals surface area contributed by atoms with Crippen LogP contribution in [-0.2, 0) is 11.3 Å². The Hall–Kier alpha value is -2.16. The summed E-state index contributed by atoms with van der Waals surface area (Å²) in [7, 11) is 0. The second kappa shape index (κ2) is 5.87. The Morgan fingerprint density at radius 1 is 1.10 bits per heavy atom. The van der Waals surface area contributed by atoms with Gasteiger partial charge in [-0.3, -0.25) is 9.78 Å².